The zero-order valence-electron chi connectivity index (χ0n) is 16.2. The van der Waals surface area contributed by atoms with Crippen molar-refractivity contribution >= 4 is 0 Å². The van der Waals surface area contributed by atoms with E-state index in [9.17, 15) is 0 Å². The molecule has 2 aliphatic rings. The van der Waals surface area contributed by atoms with Crippen molar-refractivity contribution in [3.8, 4) is 0 Å². The minimum Gasteiger partial charge on any atom is -0.0654 e. The fourth-order valence-corrected chi connectivity index (χ4v) is 4.48. The zero-order chi connectivity index (χ0) is 16.2. The third-order valence-corrected chi connectivity index (χ3v) is 6.43. The summed E-state index contributed by atoms with van der Waals surface area (Å²) in [6, 6.07) is 0. The summed E-state index contributed by atoms with van der Waals surface area (Å²) in [7, 11) is 0. The zero-order valence-corrected chi connectivity index (χ0v) is 16.2. The predicted octanol–water partition coefficient (Wildman–Crippen LogP) is 8.01. The third-order valence-electron chi connectivity index (χ3n) is 6.43. The summed E-state index contributed by atoms with van der Waals surface area (Å²) >= 11 is 0. The molecule has 2 saturated carbocycles. The van der Waals surface area contributed by atoms with Crippen LogP contribution in [0.25, 0.3) is 0 Å². The van der Waals surface area contributed by atoms with E-state index in [1.165, 1.54) is 89.9 Å². The van der Waals surface area contributed by atoms with Crippen LogP contribution in [0.3, 0.4) is 0 Å². The minimum absolute atomic E-state index is 0.986. The van der Waals surface area contributed by atoms with E-state index >= 15 is 0 Å². The molecule has 2 rings (SSSR count). The summed E-state index contributed by atoms with van der Waals surface area (Å²) in [5.74, 6) is 4.03. The van der Waals surface area contributed by atoms with Gasteiger partial charge < -0.3 is 0 Å². The first-order valence-electron chi connectivity index (χ1n) is 10.6. The van der Waals surface area contributed by atoms with Crippen LogP contribution in [0.5, 0.6) is 0 Å². The fraction of sp³-hybridized carbons (Fsp3) is 1.00. The van der Waals surface area contributed by atoms with Gasteiger partial charge in [0.2, 0.25) is 0 Å². The van der Waals surface area contributed by atoms with Gasteiger partial charge in [0.1, 0.15) is 0 Å². The maximum absolute atomic E-state index is 2.45. The van der Waals surface area contributed by atoms with E-state index in [1.54, 1.807) is 0 Å². The standard InChI is InChI=1S/2C11H22/c1-4-6-11-8-5-7-9(2)10(11)3;1-11-9-7-5-3-2-4-6-8-10-11/h9-11H,4-8H2,1-3H3;11H,2-10H2,1H3. The smallest absolute Gasteiger partial charge is 0.0386 e. The first-order valence-corrected chi connectivity index (χ1v) is 10.6. The molecule has 0 N–H and O–H groups in total. The van der Waals surface area contributed by atoms with Gasteiger partial charge in [0.05, 0.1) is 0 Å². The SMILES string of the molecule is CC1CCCCCCCCC1.CCCC1CCCC(C)C1C. The number of rotatable bonds is 2. The molecule has 3 unspecified atom stereocenters. The Labute approximate surface area is 141 Å². The molecule has 0 aliphatic heterocycles. The van der Waals surface area contributed by atoms with Crippen molar-refractivity contribution in [1.82, 2.24) is 0 Å². The molecule has 0 nitrogen and oxygen atoms in total. The molecule has 0 heterocycles. The van der Waals surface area contributed by atoms with Gasteiger partial charge in [-0.15, -0.1) is 0 Å². The second kappa shape index (κ2) is 12.4. The van der Waals surface area contributed by atoms with Crippen LogP contribution in [-0.2, 0) is 0 Å². The van der Waals surface area contributed by atoms with Crippen LogP contribution in [-0.4, -0.2) is 0 Å². The third kappa shape index (κ3) is 8.59. The average Bonchev–Trinajstić information content (AvgIpc) is 2.52. The van der Waals surface area contributed by atoms with Gasteiger partial charge in [-0.2, -0.15) is 0 Å². The molecule has 0 radical (unpaired) electrons. The molecule has 132 valence electrons. The van der Waals surface area contributed by atoms with Crippen LogP contribution in [0.4, 0.5) is 0 Å². The first-order chi connectivity index (χ1) is 10.6. The molecule has 0 heteroatoms. The van der Waals surface area contributed by atoms with Gasteiger partial charge in [0, 0.05) is 0 Å². The molecule has 0 bridgehead atoms. The lowest BCUT2D eigenvalue weighted by Gasteiger charge is -2.33. The Morgan fingerprint density at radius 1 is 0.636 bits per heavy atom. The van der Waals surface area contributed by atoms with Gasteiger partial charge in [-0.1, -0.05) is 118 Å². The van der Waals surface area contributed by atoms with Gasteiger partial charge in [-0.05, 0) is 23.7 Å². The largest absolute Gasteiger partial charge is 0.0654 e. The number of hydrogen-bond acceptors (Lipinski definition) is 0. The molecule has 3 atom stereocenters. The van der Waals surface area contributed by atoms with Gasteiger partial charge in [0.25, 0.3) is 0 Å². The van der Waals surface area contributed by atoms with Crippen LogP contribution >= 0.6 is 0 Å². The summed E-state index contributed by atoms with van der Waals surface area (Å²) in [5.41, 5.74) is 0. The fourth-order valence-electron chi connectivity index (χ4n) is 4.48. The van der Waals surface area contributed by atoms with Crippen LogP contribution in [0.2, 0.25) is 0 Å². The van der Waals surface area contributed by atoms with Crippen molar-refractivity contribution in [2.24, 2.45) is 23.7 Å². The highest BCUT2D eigenvalue weighted by atomic mass is 14.3. The van der Waals surface area contributed by atoms with Crippen LogP contribution in [0.1, 0.15) is 118 Å². The average molecular weight is 309 g/mol. The van der Waals surface area contributed by atoms with Gasteiger partial charge in [-0.25, -0.2) is 0 Å². The highest BCUT2D eigenvalue weighted by Gasteiger charge is 2.25. The molecule has 0 aromatic carbocycles. The van der Waals surface area contributed by atoms with Gasteiger partial charge >= 0.3 is 0 Å². The van der Waals surface area contributed by atoms with E-state index < -0.39 is 0 Å². The van der Waals surface area contributed by atoms with Crippen molar-refractivity contribution in [1.29, 1.82) is 0 Å². The quantitative estimate of drug-likeness (QED) is 0.484. The Morgan fingerprint density at radius 3 is 1.73 bits per heavy atom. The normalized spacial score (nSPS) is 31.9. The lowest BCUT2D eigenvalue weighted by atomic mass is 9.72. The molecule has 22 heavy (non-hydrogen) atoms. The highest BCUT2D eigenvalue weighted by molar-refractivity contribution is 4.76. The van der Waals surface area contributed by atoms with Crippen molar-refractivity contribution < 1.29 is 0 Å². The summed E-state index contributed by atoms with van der Waals surface area (Å²) in [6.45, 7) is 9.60. The molecule has 0 saturated heterocycles. The summed E-state index contributed by atoms with van der Waals surface area (Å²) < 4.78 is 0. The van der Waals surface area contributed by atoms with E-state index in [1.807, 2.05) is 0 Å². The molecular formula is C22H44. The van der Waals surface area contributed by atoms with Crippen LogP contribution in [0, 0.1) is 23.7 Å². The van der Waals surface area contributed by atoms with Crippen molar-refractivity contribution in [3.05, 3.63) is 0 Å². The van der Waals surface area contributed by atoms with E-state index in [0.717, 1.165) is 23.7 Å². The Bertz CT molecular complexity index is 232. The minimum atomic E-state index is 0.986. The second-order valence-corrected chi connectivity index (χ2v) is 8.47. The van der Waals surface area contributed by atoms with Crippen molar-refractivity contribution in [3.63, 3.8) is 0 Å². The lowest BCUT2D eigenvalue weighted by Crippen LogP contribution is -2.23. The van der Waals surface area contributed by atoms with Crippen molar-refractivity contribution in [2.45, 2.75) is 118 Å². The van der Waals surface area contributed by atoms with Crippen molar-refractivity contribution in [2.75, 3.05) is 0 Å². The Kier molecular flexibility index (Phi) is 11.3. The van der Waals surface area contributed by atoms with Crippen LogP contribution in [0.15, 0.2) is 0 Å². The molecule has 0 aromatic rings. The van der Waals surface area contributed by atoms with E-state index in [2.05, 4.69) is 27.7 Å². The van der Waals surface area contributed by atoms with E-state index in [4.69, 9.17) is 0 Å². The van der Waals surface area contributed by atoms with Gasteiger partial charge in [0.15, 0.2) is 0 Å². The molecule has 2 fully saturated rings. The van der Waals surface area contributed by atoms with E-state index in [-0.39, 0.29) is 0 Å². The van der Waals surface area contributed by atoms with Crippen LogP contribution < -0.4 is 0 Å². The second-order valence-electron chi connectivity index (χ2n) is 8.47. The Morgan fingerprint density at radius 2 is 1.18 bits per heavy atom. The maximum atomic E-state index is 2.45. The van der Waals surface area contributed by atoms with E-state index in [0.29, 0.717) is 0 Å². The highest BCUT2D eigenvalue weighted by Crippen LogP contribution is 2.36. The maximum Gasteiger partial charge on any atom is -0.0386 e. The molecule has 0 spiro atoms. The molecule has 2 aliphatic carbocycles. The molecule has 0 amide bonds. The topological polar surface area (TPSA) is 0 Å². The van der Waals surface area contributed by atoms with Gasteiger partial charge in [-0.3, -0.25) is 0 Å². The Hall–Kier alpha value is 0. The summed E-state index contributed by atoms with van der Waals surface area (Å²) in [4.78, 5) is 0. The summed E-state index contributed by atoms with van der Waals surface area (Å²) in [6.07, 6.45) is 20.7. The molecular weight excluding hydrogens is 264 g/mol. The summed E-state index contributed by atoms with van der Waals surface area (Å²) in [5, 5.41) is 0. The number of hydrogen-bond donors (Lipinski definition) is 0. The Balaban J connectivity index is 0.000000220. The first kappa shape index (κ1) is 20.0. The monoisotopic (exact) mass is 308 g/mol. The predicted molar refractivity (Wildman–Crippen MR) is 101 cm³/mol. The molecule has 0 aromatic heterocycles. The lowest BCUT2D eigenvalue weighted by molar-refractivity contribution is 0.172.